The van der Waals surface area contributed by atoms with E-state index in [1.165, 1.54) is 0 Å². The van der Waals surface area contributed by atoms with Gasteiger partial charge in [0.05, 0.1) is 5.48 Å². The second-order valence-electron chi connectivity index (χ2n) is 3.66. The fraction of sp³-hybridized carbons (Fsp3) is 0.500. The standard InChI is InChI=1S/C12H18N2/c1-14(2)8-7-10-9-13-12-6-4-3-5-11(10)12/h3-6,10,13H,7-9H2,1-2H3/i3D,4D,5D,6D,7D2. The minimum atomic E-state index is -1.57. The summed E-state index contributed by atoms with van der Waals surface area (Å²) in [7, 11) is 3.56. The average Bonchev–Trinajstić information content (AvgIpc) is 2.77. The molecule has 1 atom stereocenters. The molecule has 14 heavy (non-hydrogen) atoms. The molecule has 0 amide bonds. The molecule has 0 saturated heterocycles. The van der Waals surface area contributed by atoms with Gasteiger partial charge < -0.3 is 10.2 Å². The molecule has 76 valence electrons. The van der Waals surface area contributed by atoms with E-state index in [1.54, 1.807) is 19.0 Å². The van der Waals surface area contributed by atoms with Crippen LogP contribution in [0.2, 0.25) is 0 Å². The van der Waals surface area contributed by atoms with Gasteiger partial charge in [-0.2, -0.15) is 0 Å². The molecular formula is C12H18N2. The van der Waals surface area contributed by atoms with Gasteiger partial charge in [0, 0.05) is 20.9 Å². The maximum Gasteiger partial charge on any atom is 0.0645 e. The summed E-state index contributed by atoms with van der Waals surface area (Å²) >= 11 is 0. The zero-order chi connectivity index (χ0) is 15.2. The first-order chi connectivity index (χ1) is 9.16. The van der Waals surface area contributed by atoms with Crippen molar-refractivity contribution >= 4 is 5.69 Å². The third kappa shape index (κ3) is 1.90. The maximum absolute atomic E-state index is 8.21. The van der Waals surface area contributed by atoms with Crippen LogP contribution in [-0.2, 0) is 0 Å². The van der Waals surface area contributed by atoms with Crippen molar-refractivity contribution in [2.24, 2.45) is 0 Å². The van der Waals surface area contributed by atoms with E-state index < -0.39 is 12.3 Å². The van der Waals surface area contributed by atoms with Gasteiger partial charge >= 0.3 is 0 Å². The van der Waals surface area contributed by atoms with Crippen LogP contribution in [0.1, 0.15) is 26.1 Å². The van der Waals surface area contributed by atoms with Crippen molar-refractivity contribution in [2.45, 2.75) is 12.3 Å². The van der Waals surface area contributed by atoms with Gasteiger partial charge in [0.1, 0.15) is 0 Å². The molecule has 0 fully saturated rings. The molecule has 1 aliphatic heterocycles. The smallest absolute Gasteiger partial charge is 0.0645 e. The van der Waals surface area contributed by atoms with Gasteiger partial charge in [-0.15, -0.1) is 0 Å². The summed E-state index contributed by atoms with van der Waals surface area (Å²) < 4.78 is 47.7. The molecule has 0 radical (unpaired) electrons. The van der Waals surface area contributed by atoms with E-state index in [-0.39, 0.29) is 37.3 Å². The molecule has 1 N–H and O–H groups in total. The quantitative estimate of drug-likeness (QED) is 0.797. The number of hydrogen-bond acceptors (Lipinski definition) is 2. The molecular weight excluding hydrogens is 172 g/mol. The minimum absolute atomic E-state index is 0.121. The van der Waals surface area contributed by atoms with Crippen LogP contribution in [0.3, 0.4) is 0 Å². The molecule has 0 spiro atoms. The van der Waals surface area contributed by atoms with Gasteiger partial charge in [0.25, 0.3) is 0 Å². The molecule has 1 aliphatic rings. The van der Waals surface area contributed by atoms with Crippen LogP contribution in [0.25, 0.3) is 0 Å². The number of para-hydroxylation sites is 1. The highest BCUT2D eigenvalue weighted by molar-refractivity contribution is 5.57. The fourth-order valence-corrected chi connectivity index (χ4v) is 1.50. The molecule has 1 unspecified atom stereocenters. The lowest BCUT2D eigenvalue weighted by molar-refractivity contribution is 0.386. The van der Waals surface area contributed by atoms with Crippen LogP contribution in [0.15, 0.2) is 24.2 Å². The van der Waals surface area contributed by atoms with E-state index in [9.17, 15) is 0 Å². The van der Waals surface area contributed by atoms with E-state index in [2.05, 4.69) is 5.32 Å². The second kappa shape index (κ2) is 4.01. The fourth-order valence-electron chi connectivity index (χ4n) is 1.50. The van der Waals surface area contributed by atoms with Crippen molar-refractivity contribution in [3.8, 4) is 0 Å². The average molecular weight is 196 g/mol. The van der Waals surface area contributed by atoms with Crippen molar-refractivity contribution in [3.63, 3.8) is 0 Å². The second-order valence-corrected chi connectivity index (χ2v) is 3.66. The number of anilines is 1. The number of benzene rings is 1. The molecule has 0 bridgehead atoms. The summed E-state index contributed by atoms with van der Waals surface area (Å²) in [4.78, 5) is 1.74. The van der Waals surface area contributed by atoms with Crippen molar-refractivity contribution in [1.29, 1.82) is 0 Å². The minimum Gasteiger partial charge on any atom is -0.384 e. The highest BCUT2D eigenvalue weighted by Gasteiger charge is 2.20. The number of fused-ring (bicyclic) bond motifs is 1. The number of nitrogens with one attached hydrogen (secondary N) is 1. The lowest BCUT2D eigenvalue weighted by Gasteiger charge is -2.14. The lowest BCUT2D eigenvalue weighted by atomic mass is 9.98. The van der Waals surface area contributed by atoms with Gasteiger partial charge in [-0.3, -0.25) is 0 Å². The molecule has 1 aromatic carbocycles. The number of hydrogen-bond donors (Lipinski definition) is 1. The van der Waals surface area contributed by atoms with E-state index in [0.29, 0.717) is 11.3 Å². The van der Waals surface area contributed by atoms with Crippen LogP contribution in [0, 0.1) is 0 Å². The third-order valence-electron chi connectivity index (χ3n) is 2.20. The largest absolute Gasteiger partial charge is 0.384 e. The van der Waals surface area contributed by atoms with E-state index in [0.717, 1.165) is 0 Å². The highest BCUT2D eigenvalue weighted by atomic mass is 15.0. The summed E-state index contributed by atoms with van der Waals surface area (Å²) in [5, 5.41) is 2.94. The van der Waals surface area contributed by atoms with Crippen LogP contribution in [0.5, 0.6) is 0 Å². The van der Waals surface area contributed by atoms with Crippen molar-refractivity contribution in [3.05, 3.63) is 29.7 Å². The van der Waals surface area contributed by atoms with Crippen molar-refractivity contribution in [1.82, 2.24) is 4.90 Å². The highest BCUT2D eigenvalue weighted by Crippen LogP contribution is 2.32. The number of rotatable bonds is 3. The molecule has 2 nitrogen and oxygen atoms in total. The molecule has 0 aromatic heterocycles. The van der Waals surface area contributed by atoms with E-state index in [4.69, 9.17) is 8.22 Å². The zero-order valence-corrected chi connectivity index (χ0v) is 8.44. The van der Waals surface area contributed by atoms with Crippen LogP contribution >= 0.6 is 0 Å². The Morgan fingerprint density at radius 3 is 3.14 bits per heavy atom. The van der Waals surface area contributed by atoms with Gasteiger partial charge in [-0.05, 0) is 38.6 Å². The monoisotopic (exact) mass is 196 g/mol. The summed E-state index contributed by atoms with van der Waals surface area (Å²) in [5.41, 5.74) is 0.700. The lowest BCUT2D eigenvalue weighted by Crippen LogP contribution is -2.16. The molecule has 0 saturated carbocycles. The van der Waals surface area contributed by atoms with Gasteiger partial charge in [-0.1, -0.05) is 18.1 Å². The molecule has 2 rings (SSSR count). The van der Waals surface area contributed by atoms with Crippen LogP contribution < -0.4 is 5.32 Å². The summed E-state index contributed by atoms with van der Waals surface area (Å²) in [6.45, 7) is 0.484. The summed E-state index contributed by atoms with van der Waals surface area (Å²) in [6.07, 6.45) is -1.57. The normalized spacial score (nSPS) is 26.6. The van der Waals surface area contributed by atoms with Gasteiger partial charge in [0.2, 0.25) is 0 Å². The van der Waals surface area contributed by atoms with Crippen molar-refractivity contribution < 1.29 is 8.22 Å². The summed E-state index contributed by atoms with van der Waals surface area (Å²) in [6, 6.07) is -0.846. The topological polar surface area (TPSA) is 15.3 Å². The predicted molar refractivity (Wildman–Crippen MR) is 60.8 cm³/mol. The Kier molecular flexibility index (Phi) is 1.34. The van der Waals surface area contributed by atoms with E-state index >= 15 is 0 Å². The first-order valence-electron chi connectivity index (χ1n) is 7.65. The molecule has 0 aliphatic carbocycles. The zero-order valence-electron chi connectivity index (χ0n) is 14.4. The SMILES string of the molecule is [2H]c1c([2H])c([2H])c2c(c1[2H])NCC2C([2H])([2H])CN(C)C. The maximum atomic E-state index is 8.21. The predicted octanol–water partition coefficient (Wildman–Crippen LogP) is 2.15. The Morgan fingerprint density at radius 2 is 2.36 bits per heavy atom. The number of nitrogens with zero attached hydrogens (tertiary/aromatic N) is 1. The Morgan fingerprint density at radius 1 is 1.57 bits per heavy atom. The Hall–Kier alpha value is -1.02. The van der Waals surface area contributed by atoms with Crippen LogP contribution in [0.4, 0.5) is 5.69 Å². The Balaban J connectivity index is 2.53. The van der Waals surface area contributed by atoms with Gasteiger partial charge in [-0.25, -0.2) is 0 Å². The third-order valence-corrected chi connectivity index (χ3v) is 2.20. The Labute approximate surface area is 94.4 Å². The first kappa shape index (κ1) is 4.67. The molecule has 2 heteroatoms. The molecule has 1 heterocycles. The summed E-state index contributed by atoms with van der Waals surface area (Å²) in [5.74, 6) is -0.582. The van der Waals surface area contributed by atoms with Gasteiger partial charge in [0.15, 0.2) is 0 Å². The molecule has 1 aromatic rings. The van der Waals surface area contributed by atoms with E-state index in [1.807, 2.05) is 0 Å². The van der Waals surface area contributed by atoms with Crippen LogP contribution in [-0.4, -0.2) is 32.1 Å². The first-order valence-corrected chi connectivity index (χ1v) is 4.65. The van der Waals surface area contributed by atoms with Crippen molar-refractivity contribution in [2.75, 3.05) is 32.5 Å². The Bertz CT molecular complexity index is 543.